The van der Waals surface area contributed by atoms with Gasteiger partial charge in [-0.3, -0.25) is 9.78 Å². The van der Waals surface area contributed by atoms with Crippen molar-refractivity contribution in [2.75, 3.05) is 48.4 Å². The van der Waals surface area contributed by atoms with Crippen molar-refractivity contribution in [3.63, 3.8) is 0 Å². The van der Waals surface area contributed by atoms with Gasteiger partial charge in [-0.15, -0.1) is 0 Å². The van der Waals surface area contributed by atoms with Crippen molar-refractivity contribution in [2.24, 2.45) is 0 Å². The van der Waals surface area contributed by atoms with Gasteiger partial charge in [0.05, 0.1) is 30.2 Å². The van der Waals surface area contributed by atoms with E-state index in [1.54, 1.807) is 13.3 Å². The standard InChI is InChI=1S/C23H24N4O2/c1-29-22-10-6-5-9-21(22)25-23(28)18-15-20(17-24-16-18)27-13-11-26(12-14-27)19-7-3-2-4-8-19/h2-10,15-17H,11-14H2,1H3,(H,25,28). The summed E-state index contributed by atoms with van der Waals surface area (Å²) in [7, 11) is 1.59. The molecule has 1 amide bonds. The smallest absolute Gasteiger partial charge is 0.257 e. The number of pyridine rings is 1. The molecule has 148 valence electrons. The Morgan fingerprint density at radius 3 is 2.28 bits per heavy atom. The normalized spacial score (nSPS) is 13.8. The molecule has 0 radical (unpaired) electrons. The van der Waals surface area contributed by atoms with Gasteiger partial charge < -0.3 is 19.9 Å². The first-order valence-corrected chi connectivity index (χ1v) is 9.69. The Morgan fingerprint density at radius 2 is 1.55 bits per heavy atom. The maximum atomic E-state index is 12.7. The van der Waals surface area contributed by atoms with Crippen molar-refractivity contribution >= 4 is 23.0 Å². The third kappa shape index (κ3) is 4.32. The lowest BCUT2D eigenvalue weighted by Crippen LogP contribution is -2.46. The van der Waals surface area contributed by atoms with Crippen LogP contribution in [0.5, 0.6) is 5.75 Å². The summed E-state index contributed by atoms with van der Waals surface area (Å²) in [6, 6.07) is 19.7. The van der Waals surface area contributed by atoms with Gasteiger partial charge in [0.1, 0.15) is 5.75 Å². The number of amides is 1. The lowest BCUT2D eigenvalue weighted by Gasteiger charge is -2.37. The fraction of sp³-hybridized carbons (Fsp3) is 0.217. The second-order valence-electron chi connectivity index (χ2n) is 6.90. The van der Waals surface area contributed by atoms with Crippen LogP contribution in [0.25, 0.3) is 0 Å². The number of nitrogens with one attached hydrogen (secondary N) is 1. The van der Waals surface area contributed by atoms with Crippen LogP contribution in [0.4, 0.5) is 17.1 Å². The van der Waals surface area contributed by atoms with E-state index in [1.165, 1.54) is 5.69 Å². The highest BCUT2D eigenvalue weighted by molar-refractivity contribution is 6.05. The van der Waals surface area contributed by atoms with Gasteiger partial charge in [0.15, 0.2) is 0 Å². The molecule has 0 atom stereocenters. The quantitative estimate of drug-likeness (QED) is 0.723. The molecule has 3 aromatic rings. The number of rotatable bonds is 5. The molecule has 2 aromatic carbocycles. The topological polar surface area (TPSA) is 57.7 Å². The highest BCUT2D eigenvalue weighted by atomic mass is 16.5. The molecular formula is C23H24N4O2. The minimum Gasteiger partial charge on any atom is -0.495 e. The third-order valence-electron chi connectivity index (χ3n) is 5.11. The molecule has 6 nitrogen and oxygen atoms in total. The Hall–Kier alpha value is -3.54. The number of ether oxygens (including phenoxy) is 1. The van der Waals surface area contributed by atoms with Crippen LogP contribution in [0.15, 0.2) is 73.1 Å². The van der Waals surface area contributed by atoms with Gasteiger partial charge in [0, 0.05) is 38.1 Å². The Labute approximate surface area is 170 Å². The van der Waals surface area contributed by atoms with Gasteiger partial charge in [-0.1, -0.05) is 30.3 Å². The summed E-state index contributed by atoms with van der Waals surface area (Å²) >= 11 is 0. The number of para-hydroxylation sites is 3. The van der Waals surface area contributed by atoms with Crippen LogP contribution in [0.1, 0.15) is 10.4 Å². The van der Waals surface area contributed by atoms with Gasteiger partial charge in [-0.25, -0.2) is 0 Å². The van der Waals surface area contributed by atoms with Crippen LogP contribution in [0.3, 0.4) is 0 Å². The molecule has 0 bridgehead atoms. The summed E-state index contributed by atoms with van der Waals surface area (Å²) < 4.78 is 5.30. The largest absolute Gasteiger partial charge is 0.495 e. The number of methoxy groups -OCH3 is 1. The molecule has 1 aliphatic rings. The number of nitrogens with zero attached hydrogens (tertiary/aromatic N) is 3. The van der Waals surface area contributed by atoms with Crippen molar-refractivity contribution in [2.45, 2.75) is 0 Å². The molecule has 1 aromatic heterocycles. The number of hydrogen-bond donors (Lipinski definition) is 1. The molecule has 0 aliphatic carbocycles. The molecule has 0 saturated carbocycles. The van der Waals surface area contributed by atoms with Crippen molar-refractivity contribution in [3.8, 4) is 5.75 Å². The molecular weight excluding hydrogens is 364 g/mol. The highest BCUT2D eigenvalue weighted by Gasteiger charge is 2.19. The molecule has 2 heterocycles. The number of anilines is 3. The first-order chi connectivity index (χ1) is 14.2. The number of piperazine rings is 1. The summed E-state index contributed by atoms with van der Waals surface area (Å²) in [6.45, 7) is 3.63. The number of carbonyl (C=O) groups is 1. The van der Waals surface area contributed by atoms with E-state index in [0.29, 0.717) is 17.0 Å². The number of hydrogen-bond acceptors (Lipinski definition) is 5. The van der Waals surface area contributed by atoms with E-state index in [0.717, 1.165) is 31.9 Å². The zero-order valence-corrected chi connectivity index (χ0v) is 16.4. The molecule has 1 aliphatic heterocycles. The van der Waals surface area contributed by atoms with Gasteiger partial charge in [0.25, 0.3) is 5.91 Å². The van der Waals surface area contributed by atoms with Crippen molar-refractivity contribution < 1.29 is 9.53 Å². The van der Waals surface area contributed by atoms with E-state index >= 15 is 0 Å². The average molecular weight is 388 g/mol. The predicted molar refractivity (Wildman–Crippen MR) is 116 cm³/mol. The van der Waals surface area contributed by atoms with Crippen molar-refractivity contribution in [1.29, 1.82) is 0 Å². The molecule has 1 fully saturated rings. The monoisotopic (exact) mass is 388 g/mol. The molecule has 1 N–H and O–H groups in total. The molecule has 0 spiro atoms. The molecule has 6 heteroatoms. The summed E-state index contributed by atoms with van der Waals surface area (Å²) in [4.78, 5) is 21.7. The summed E-state index contributed by atoms with van der Waals surface area (Å²) in [5, 5.41) is 2.91. The van der Waals surface area contributed by atoms with Gasteiger partial charge in [0.2, 0.25) is 0 Å². The second kappa shape index (κ2) is 8.65. The van der Waals surface area contributed by atoms with Crippen LogP contribution in [-0.4, -0.2) is 44.2 Å². The molecule has 0 unspecified atom stereocenters. The van der Waals surface area contributed by atoms with Crippen molar-refractivity contribution in [3.05, 3.63) is 78.6 Å². The Bertz CT molecular complexity index is 969. The summed E-state index contributed by atoms with van der Waals surface area (Å²) in [6.07, 6.45) is 3.41. The number of aromatic nitrogens is 1. The van der Waals surface area contributed by atoms with Crippen molar-refractivity contribution in [1.82, 2.24) is 4.98 Å². The van der Waals surface area contributed by atoms with Crippen LogP contribution in [0, 0.1) is 0 Å². The van der Waals surface area contributed by atoms with E-state index in [4.69, 9.17) is 4.74 Å². The van der Waals surface area contributed by atoms with E-state index < -0.39 is 0 Å². The number of carbonyl (C=O) groups excluding carboxylic acids is 1. The minimum atomic E-state index is -0.202. The fourth-order valence-corrected chi connectivity index (χ4v) is 3.53. The Kier molecular flexibility index (Phi) is 5.61. The first-order valence-electron chi connectivity index (χ1n) is 9.69. The zero-order chi connectivity index (χ0) is 20.1. The fourth-order valence-electron chi connectivity index (χ4n) is 3.53. The van der Waals surface area contributed by atoms with Crippen LogP contribution in [0.2, 0.25) is 0 Å². The zero-order valence-electron chi connectivity index (χ0n) is 16.4. The van der Waals surface area contributed by atoms with Crippen LogP contribution in [-0.2, 0) is 0 Å². The van der Waals surface area contributed by atoms with Crippen LogP contribution >= 0.6 is 0 Å². The third-order valence-corrected chi connectivity index (χ3v) is 5.11. The molecule has 1 saturated heterocycles. The van der Waals surface area contributed by atoms with Crippen LogP contribution < -0.4 is 19.9 Å². The lowest BCUT2D eigenvalue weighted by atomic mass is 10.2. The molecule has 4 rings (SSSR count). The van der Waals surface area contributed by atoms with Gasteiger partial charge >= 0.3 is 0 Å². The van der Waals surface area contributed by atoms with Gasteiger partial charge in [-0.2, -0.15) is 0 Å². The SMILES string of the molecule is COc1ccccc1NC(=O)c1cncc(N2CCN(c3ccccc3)CC2)c1. The lowest BCUT2D eigenvalue weighted by molar-refractivity contribution is 0.102. The highest BCUT2D eigenvalue weighted by Crippen LogP contribution is 2.25. The Morgan fingerprint density at radius 1 is 0.897 bits per heavy atom. The summed E-state index contributed by atoms with van der Waals surface area (Å²) in [5.41, 5.74) is 3.38. The van der Waals surface area contributed by atoms with Gasteiger partial charge in [-0.05, 0) is 30.3 Å². The first kappa shape index (κ1) is 18.8. The minimum absolute atomic E-state index is 0.202. The maximum Gasteiger partial charge on any atom is 0.257 e. The molecule has 29 heavy (non-hydrogen) atoms. The van der Waals surface area contributed by atoms with E-state index in [-0.39, 0.29) is 5.91 Å². The Balaban J connectivity index is 1.43. The number of benzene rings is 2. The van der Waals surface area contributed by atoms with E-state index in [9.17, 15) is 4.79 Å². The van der Waals surface area contributed by atoms with E-state index in [1.807, 2.05) is 42.6 Å². The second-order valence-corrected chi connectivity index (χ2v) is 6.90. The predicted octanol–water partition coefficient (Wildman–Crippen LogP) is 3.67. The van der Waals surface area contributed by atoms with E-state index in [2.05, 4.69) is 44.4 Å². The summed E-state index contributed by atoms with van der Waals surface area (Å²) in [5.74, 6) is 0.425. The maximum absolute atomic E-state index is 12.7. The average Bonchev–Trinajstić information content (AvgIpc) is 2.80.